The van der Waals surface area contributed by atoms with Crippen LogP contribution in [0.5, 0.6) is 0 Å². The Bertz CT molecular complexity index is 856. The summed E-state index contributed by atoms with van der Waals surface area (Å²) in [7, 11) is 1.31. The Kier molecular flexibility index (Phi) is 4.62. The van der Waals surface area contributed by atoms with Crippen LogP contribution in [0.25, 0.3) is 6.08 Å². The van der Waals surface area contributed by atoms with Crippen molar-refractivity contribution >= 4 is 39.6 Å². The molecule has 0 saturated heterocycles. The molecule has 5 heteroatoms. The van der Waals surface area contributed by atoms with E-state index in [1.54, 1.807) is 30.3 Å². The SMILES string of the molecule is COC(=O)N1C=C(C(=O)c2ccccc2)C(Br)=Cc2ccccc21. The number of hydrogen-bond donors (Lipinski definition) is 0. The van der Waals surface area contributed by atoms with Crippen LogP contribution in [-0.2, 0) is 4.74 Å². The maximum absolute atomic E-state index is 12.9. The average molecular weight is 384 g/mol. The summed E-state index contributed by atoms with van der Waals surface area (Å²) in [4.78, 5) is 26.4. The van der Waals surface area contributed by atoms with Crippen molar-refractivity contribution in [3.8, 4) is 0 Å². The van der Waals surface area contributed by atoms with E-state index < -0.39 is 6.09 Å². The third-order valence-corrected chi connectivity index (χ3v) is 4.30. The molecule has 0 saturated carbocycles. The molecule has 120 valence electrons. The standard InChI is InChI=1S/C19H14BrNO3/c1-24-19(23)21-12-15(18(22)13-7-3-2-4-8-13)16(20)11-14-9-5-6-10-17(14)21/h2-12H,1H3. The minimum atomic E-state index is -0.559. The lowest BCUT2D eigenvalue weighted by Crippen LogP contribution is -2.26. The molecule has 0 atom stereocenters. The number of carbonyl (C=O) groups excluding carboxylic acids is 2. The number of nitrogens with zero attached hydrogens (tertiary/aromatic N) is 1. The van der Waals surface area contributed by atoms with Crippen molar-refractivity contribution in [3.05, 3.63) is 82.0 Å². The molecule has 1 aliphatic rings. The van der Waals surface area contributed by atoms with Gasteiger partial charge < -0.3 is 4.74 Å². The number of benzene rings is 2. The molecular formula is C19H14BrNO3. The van der Waals surface area contributed by atoms with Crippen molar-refractivity contribution in [1.82, 2.24) is 0 Å². The van der Waals surface area contributed by atoms with Crippen LogP contribution in [0.1, 0.15) is 15.9 Å². The lowest BCUT2D eigenvalue weighted by Gasteiger charge is -2.18. The molecule has 0 aliphatic carbocycles. The Labute approximate surface area is 148 Å². The second kappa shape index (κ2) is 6.84. The molecule has 0 N–H and O–H groups in total. The number of Topliss-reactive ketones (excluding diaryl/α,β-unsaturated/α-hetero) is 1. The summed E-state index contributed by atoms with van der Waals surface area (Å²) in [6.07, 6.45) is 2.77. The predicted molar refractivity (Wildman–Crippen MR) is 97.1 cm³/mol. The maximum Gasteiger partial charge on any atom is 0.418 e. The van der Waals surface area contributed by atoms with Crippen molar-refractivity contribution in [2.45, 2.75) is 0 Å². The zero-order valence-corrected chi connectivity index (χ0v) is 14.5. The second-order valence-electron chi connectivity index (χ2n) is 5.13. The van der Waals surface area contributed by atoms with Crippen molar-refractivity contribution in [3.63, 3.8) is 0 Å². The fraction of sp³-hybridized carbons (Fsp3) is 0.0526. The van der Waals surface area contributed by atoms with E-state index >= 15 is 0 Å². The van der Waals surface area contributed by atoms with Crippen LogP contribution in [-0.4, -0.2) is 19.0 Å². The second-order valence-corrected chi connectivity index (χ2v) is 5.98. The molecule has 3 rings (SSSR count). The number of methoxy groups -OCH3 is 1. The Hall–Kier alpha value is -2.66. The number of carbonyl (C=O) groups is 2. The normalized spacial score (nSPS) is 13.3. The highest BCUT2D eigenvalue weighted by Crippen LogP contribution is 2.33. The van der Waals surface area contributed by atoms with Crippen LogP contribution in [0.2, 0.25) is 0 Å². The van der Waals surface area contributed by atoms with Gasteiger partial charge in [0.1, 0.15) is 0 Å². The van der Waals surface area contributed by atoms with E-state index in [1.165, 1.54) is 18.2 Å². The van der Waals surface area contributed by atoms with E-state index in [-0.39, 0.29) is 5.78 Å². The molecule has 0 aromatic heterocycles. The molecule has 2 aromatic rings. The molecule has 1 amide bonds. The quantitative estimate of drug-likeness (QED) is 0.701. The Morgan fingerprint density at radius 1 is 1.00 bits per heavy atom. The highest BCUT2D eigenvalue weighted by molar-refractivity contribution is 9.12. The molecule has 0 spiro atoms. The van der Waals surface area contributed by atoms with Crippen LogP contribution in [0.3, 0.4) is 0 Å². The van der Waals surface area contributed by atoms with Gasteiger partial charge in [0, 0.05) is 16.2 Å². The van der Waals surface area contributed by atoms with Gasteiger partial charge in [0.15, 0.2) is 5.78 Å². The number of ether oxygens (including phenoxy) is 1. The lowest BCUT2D eigenvalue weighted by molar-refractivity contribution is 0.103. The fourth-order valence-electron chi connectivity index (χ4n) is 2.47. The first-order valence-electron chi connectivity index (χ1n) is 7.27. The molecule has 0 unspecified atom stereocenters. The van der Waals surface area contributed by atoms with Gasteiger partial charge >= 0.3 is 6.09 Å². The van der Waals surface area contributed by atoms with Gasteiger partial charge in [-0.05, 0) is 33.6 Å². The topological polar surface area (TPSA) is 46.6 Å². The first-order chi connectivity index (χ1) is 11.6. The van der Waals surface area contributed by atoms with E-state index in [0.717, 1.165) is 5.56 Å². The monoisotopic (exact) mass is 383 g/mol. The van der Waals surface area contributed by atoms with Gasteiger partial charge in [-0.25, -0.2) is 4.79 Å². The first-order valence-corrected chi connectivity index (χ1v) is 8.06. The molecule has 2 aromatic carbocycles. The molecule has 4 nitrogen and oxygen atoms in total. The number of anilines is 1. The van der Waals surface area contributed by atoms with Crippen LogP contribution in [0, 0.1) is 0 Å². The predicted octanol–water partition coefficient (Wildman–Crippen LogP) is 4.78. The molecule has 1 aliphatic heterocycles. The Morgan fingerprint density at radius 3 is 2.38 bits per heavy atom. The third-order valence-electron chi connectivity index (χ3n) is 3.65. The number of rotatable bonds is 2. The Morgan fingerprint density at radius 2 is 1.67 bits per heavy atom. The number of amides is 1. The van der Waals surface area contributed by atoms with Gasteiger partial charge in [-0.2, -0.15) is 0 Å². The van der Waals surface area contributed by atoms with Gasteiger partial charge in [-0.15, -0.1) is 0 Å². The molecule has 0 fully saturated rings. The summed E-state index contributed by atoms with van der Waals surface area (Å²) in [5.74, 6) is -0.180. The molecule has 1 heterocycles. The van der Waals surface area contributed by atoms with Gasteiger partial charge in [0.25, 0.3) is 0 Å². The van der Waals surface area contributed by atoms with Crippen LogP contribution < -0.4 is 4.90 Å². The highest BCUT2D eigenvalue weighted by atomic mass is 79.9. The van der Waals surface area contributed by atoms with Gasteiger partial charge in [-0.1, -0.05) is 48.5 Å². The summed E-state index contributed by atoms with van der Waals surface area (Å²) in [6, 6.07) is 16.3. The summed E-state index contributed by atoms with van der Waals surface area (Å²) in [5.41, 5.74) is 2.38. The minimum Gasteiger partial charge on any atom is -0.452 e. The Balaban J connectivity index is 2.14. The zero-order chi connectivity index (χ0) is 17.1. The first kappa shape index (κ1) is 16.2. The van der Waals surface area contributed by atoms with E-state index in [2.05, 4.69) is 15.9 Å². The average Bonchev–Trinajstić information content (AvgIpc) is 2.77. The van der Waals surface area contributed by atoms with E-state index in [9.17, 15) is 9.59 Å². The van der Waals surface area contributed by atoms with Crippen LogP contribution in [0.15, 0.2) is 70.9 Å². The van der Waals surface area contributed by atoms with Crippen LogP contribution in [0.4, 0.5) is 10.5 Å². The summed E-state index contributed by atoms with van der Waals surface area (Å²) in [5, 5.41) is 0. The van der Waals surface area contributed by atoms with E-state index in [1.807, 2.05) is 30.3 Å². The van der Waals surface area contributed by atoms with Gasteiger partial charge in [0.05, 0.1) is 18.4 Å². The number of ketones is 1. The number of para-hydroxylation sites is 1. The smallest absolute Gasteiger partial charge is 0.418 e. The number of halogens is 1. The molecule has 0 bridgehead atoms. The molecule has 24 heavy (non-hydrogen) atoms. The van der Waals surface area contributed by atoms with Gasteiger partial charge in [0.2, 0.25) is 0 Å². The number of allylic oxidation sites excluding steroid dienone is 2. The van der Waals surface area contributed by atoms with Crippen LogP contribution >= 0.6 is 15.9 Å². The van der Waals surface area contributed by atoms with Crippen molar-refractivity contribution in [2.75, 3.05) is 12.0 Å². The fourth-order valence-corrected chi connectivity index (χ4v) is 2.99. The largest absolute Gasteiger partial charge is 0.452 e. The van der Waals surface area contributed by atoms with Crippen molar-refractivity contribution in [2.24, 2.45) is 0 Å². The number of fused-ring (bicyclic) bond motifs is 1. The zero-order valence-electron chi connectivity index (χ0n) is 12.9. The molecule has 0 radical (unpaired) electrons. The maximum atomic E-state index is 12.9. The number of hydrogen-bond acceptors (Lipinski definition) is 3. The summed E-state index contributed by atoms with van der Waals surface area (Å²) in [6.45, 7) is 0. The summed E-state index contributed by atoms with van der Waals surface area (Å²) >= 11 is 3.46. The van der Waals surface area contributed by atoms with Crippen molar-refractivity contribution in [1.29, 1.82) is 0 Å². The highest BCUT2D eigenvalue weighted by Gasteiger charge is 2.25. The van der Waals surface area contributed by atoms with Gasteiger partial charge in [-0.3, -0.25) is 9.69 Å². The lowest BCUT2D eigenvalue weighted by atomic mass is 10.0. The van der Waals surface area contributed by atoms with E-state index in [4.69, 9.17) is 4.74 Å². The van der Waals surface area contributed by atoms with E-state index in [0.29, 0.717) is 21.3 Å². The third kappa shape index (κ3) is 3.03. The molecular weight excluding hydrogens is 370 g/mol. The minimum absolute atomic E-state index is 0.180. The summed E-state index contributed by atoms with van der Waals surface area (Å²) < 4.78 is 5.47. The van der Waals surface area contributed by atoms with Crippen molar-refractivity contribution < 1.29 is 14.3 Å².